The van der Waals surface area contributed by atoms with E-state index in [1.54, 1.807) is 47.2 Å². The summed E-state index contributed by atoms with van der Waals surface area (Å²) < 4.78 is 1.63. The normalized spacial score (nSPS) is 11.0. The van der Waals surface area contributed by atoms with Crippen LogP contribution in [0.25, 0.3) is 16.9 Å². The quantitative estimate of drug-likeness (QED) is 0.335. The zero-order valence-electron chi connectivity index (χ0n) is 18.0. The molecule has 8 nitrogen and oxygen atoms in total. The van der Waals surface area contributed by atoms with E-state index >= 15 is 0 Å². The lowest BCUT2D eigenvalue weighted by atomic mass is 10.2. The van der Waals surface area contributed by atoms with Gasteiger partial charge in [0.05, 0.1) is 11.9 Å². The number of hydrogen-bond acceptors (Lipinski definition) is 5. The summed E-state index contributed by atoms with van der Waals surface area (Å²) in [5.74, 6) is 0.352. The molecular weight excluding hydrogens is 473 g/mol. The van der Waals surface area contributed by atoms with Crippen molar-refractivity contribution in [3.63, 3.8) is 0 Å². The van der Waals surface area contributed by atoms with Crippen LogP contribution in [0.5, 0.6) is 0 Å². The summed E-state index contributed by atoms with van der Waals surface area (Å²) in [7, 11) is 1.94. The van der Waals surface area contributed by atoms with Crippen LogP contribution in [0.15, 0.2) is 73.1 Å². The first-order valence-corrected chi connectivity index (χ1v) is 11.1. The average molecular weight is 492 g/mol. The van der Waals surface area contributed by atoms with Gasteiger partial charge in [-0.15, -0.1) is 0 Å². The Kier molecular flexibility index (Phi) is 5.91. The van der Waals surface area contributed by atoms with E-state index < -0.39 is 0 Å². The third-order valence-corrected chi connectivity index (χ3v) is 5.92. The highest BCUT2D eigenvalue weighted by atomic mass is 35.5. The SMILES string of the molecule is CN(Cc1ccccc1Cl)c1cc(-c2cn[nH]c2)n2nc(C(=O)Nc3ccc(Cl)cc3)cc2n1. The predicted octanol–water partition coefficient (Wildman–Crippen LogP) is 5.31. The first kappa shape index (κ1) is 21.9. The van der Waals surface area contributed by atoms with Gasteiger partial charge in [-0.1, -0.05) is 41.4 Å². The Balaban J connectivity index is 1.52. The van der Waals surface area contributed by atoms with E-state index in [0.29, 0.717) is 33.7 Å². The Morgan fingerprint density at radius 2 is 1.91 bits per heavy atom. The molecule has 34 heavy (non-hydrogen) atoms. The summed E-state index contributed by atoms with van der Waals surface area (Å²) in [6.07, 6.45) is 3.46. The van der Waals surface area contributed by atoms with Crippen molar-refractivity contribution in [1.29, 1.82) is 0 Å². The molecule has 0 saturated heterocycles. The van der Waals surface area contributed by atoms with Gasteiger partial charge < -0.3 is 10.2 Å². The molecule has 170 valence electrons. The molecule has 2 N–H and O–H groups in total. The van der Waals surface area contributed by atoms with Gasteiger partial charge in [0, 0.05) is 53.2 Å². The largest absolute Gasteiger partial charge is 0.355 e. The van der Waals surface area contributed by atoms with Gasteiger partial charge in [0.15, 0.2) is 11.3 Å². The van der Waals surface area contributed by atoms with Crippen molar-refractivity contribution in [3.05, 3.63) is 94.4 Å². The van der Waals surface area contributed by atoms with Crippen LogP contribution in [0.2, 0.25) is 10.0 Å². The fraction of sp³-hybridized carbons (Fsp3) is 0.0833. The molecule has 0 unspecified atom stereocenters. The number of amides is 1. The molecule has 0 aliphatic rings. The fourth-order valence-corrected chi connectivity index (χ4v) is 3.88. The van der Waals surface area contributed by atoms with Crippen LogP contribution < -0.4 is 10.2 Å². The molecule has 0 aliphatic carbocycles. The first-order valence-electron chi connectivity index (χ1n) is 10.4. The average Bonchev–Trinajstić information content (AvgIpc) is 3.51. The summed E-state index contributed by atoms with van der Waals surface area (Å²) in [6, 6.07) is 18.1. The predicted molar refractivity (Wildman–Crippen MR) is 134 cm³/mol. The molecule has 0 aliphatic heterocycles. The van der Waals surface area contributed by atoms with Crippen molar-refractivity contribution < 1.29 is 4.79 Å². The second kappa shape index (κ2) is 9.17. The molecular formula is C24H19Cl2N7O. The molecule has 0 radical (unpaired) electrons. The summed E-state index contributed by atoms with van der Waals surface area (Å²) in [5, 5.41) is 15.5. The van der Waals surface area contributed by atoms with E-state index in [2.05, 4.69) is 20.6 Å². The van der Waals surface area contributed by atoms with E-state index in [-0.39, 0.29) is 11.6 Å². The number of carbonyl (C=O) groups excluding carboxylic acids is 1. The van der Waals surface area contributed by atoms with Gasteiger partial charge in [-0.05, 0) is 35.9 Å². The molecule has 3 aromatic heterocycles. The van der Waals surface area contributed by atoms with Crippen molar-refractivity contribution in [3.8, 4) is 11.3 Å². The zero-order valence-corrected chi connectivity index (χ0v) is 19.5. The number of fused-ring (bicyclic) bond motifs is 1. The van der Waals surface area contributed by atoms with E-state index in [1.807, 2.05) is 42.3 Å². The molecule has 10 heteroatoms. The van der Waals surface area contributed by atoms with Crippen LogP contribution in [0, 0.1) is 0 Å². The number of benzene rings is 2. The van der Waals surface area contributed by atoms with E-state index in [0.717, 1.165) is 16.8 Å². The van der Waals surface area contributed by atoms with E-state index in [1.165, 1.54) is 0 Å². The number of H-pyrrole nitrogens is 1. The van der Waals surface area contributed by atoms with Crippen molar-refractivity contribution in [2.24, 2.45) is 0 Å². The monoisotopic (exact) mass is 491 g/mol. The van der Waals surface area contributed by atoms with Crippen molar-refractivity contribution in [2.45, 2.75) is 6.54 Å². The third-order valence-electron chi connectivity index (χ3n) is 5.30. The minimum atomic E-state index is -0.350. The lowest BCUT2D eigenvalue weighted by molar-refractivity contribution is 0.102. The summed E-state index contributed by atoms with van der Waals surface area (Å²) >= 11 is 12.3. The minimum absolute atomic E-state index is 0.234. The molecule has 3 heterocycles. The molecule has 0 fully saturated rings. The van der Waals surface area contributed by atoms with Crippen LogP contribution in [0.4, 0.5) is 11.5 Å². The number of aromatic amines is 1. The topological polar surface area (TPSA) is 91.2 Å². The van der Waals surface area contributed by atoms with Gasteiger partial charge in [0.2, 0.25) is 0 Å². The lowest BCUT2D eigenvalue weighted by Crippen LogP contribution is -2.18. The molecule has 2 aromatic carbocycles. The minimum Gasteiger partial charge on any atom is -0.355 e. The number of nitrogens with one attached hydrogen (secondary N) is 2. The highest BCUT2D eigenvalue weighted by Crippen LogP contribution is 2.26. The summed E-state index contributed by atoms with van der Waals surface area (Å²) in [4.78, 5) is 19.6. The van der Waals surface area contributed by atoms with E-state index in [4.69, 9.17) is 28.2 Å². The van der Waals surface area contributed by atoms with Crippen LogP contribution in [-0.4, -0.2) is 37.8 Å². The molecule has 1 amide bonds. The molecule has 5 rings (SSSR count). The Morgan fingerprint density at radius 1 is 1.12 bits per heavy atom. The number of halogens is 2. The van der Waals surface area contributed by atoms with Gasteiger partial charge in [-0.25, -0.2) is 9.50 Å². The summed E-state index contributed by atoms with van der Waals surface area (Å²) in [6.45, 7) is 0.561. The fourth-order valence-electron chi connectivity index (χ4n) is 3.56. The lowest BCUT2D eigenvalue weighted by Gasteiger charge is -2.20. The number of hydrogen-bond donors (Lipinski definition) is 2. The second-order valence-electron chi connectivity index (χ2n) is 7.69. The molecule has 0 spiro atoms. The summed E-state index contributed by atoms with van der Waals surface area (Å²) in [5.41, 5.74) is 3.92. The maximum Gasteiger partial charge on any atom is 0.276 e. The van der Waals surface area contributed by atoms with Gasteiger partial charge >= 0.3 is 0 Å². The smallest absolute Gasteiger partial charge is 0.276 e. The Hall–Kier alpha value is -3.88. The van der Waals surface area contributed by atoms with Gasteiger partial charge in [-0.3, -0.25) is 9.89 Å². The third kappa shape index (κ3) is 4.46. The van der Waals surface area contributed by atoms with Gasteiger partial charge in [0.25, 0.3) is 5.91 Å². The Bertz CT molecular complexity index is 1460. The second-order valence-corrected chi connectivity index (χ2v) is 8.54. The molecule has 5 aromatic rings. The number of nitrogens with zero attached hydrogens (tertiary/aromatic N) is 5. The number of anilines is 2. The number of aromatic nitrogens is 5. The standard InChI is InChI=1S/C24H19Cl2N7O/c1-32(14-15-4-2-3-5-19(15)26)22-11-21(16-12-27-28-13-16)33-23(30-22)10-20(31-33)24(34)29-18-8-6-17(25)7-9-18/h2-13H,14H2,1H3,(H,27,28)(H,29,34). The maximum absolute atomic E-state index is 12.9. The number of carbonyl (C=O) groups is 1. The van der Waals surface area contributed by atoms with Gasteiger partial charge in [0.1, 0.15) is 5.82 Å². The van der Waals surface area contributed by atoms with Crippen molar-refractivity contribution in [1.82, 2.24) is 24.8 Å². The highest BCUT2D eigenvalue weighted by molar-refractivity contribution is 6.31. The zero-order chi connectivity index (χ0) is 23.7. The van der Waals surface area contributed by atoms with Gasteiger partial charge in [-0.2, -0.15) is 10.2 Å². The maximum atomic E-state index is 12.9. The molecule has 0 atom stereocenters. The van der Waals surface area contributed by atoms with Crippen LogP contribution in [0.1, 0.15) is 16.1 Å². The van der Waals surface area contributed by atoms with Crippen LogP contribution in [0.3, 0.4) is 0 Å². The number of rotatable bonds is 6. The Labute approximate surface area is 205 Å². The highest BCUT2D eigenvalue weighted by Gasteiger charge is 2.18. The molecule has 0 bridgehead atoms. The van der Waals surface area contributed by atoms with Crippen LogP contribution in [-0.2, 0) is 6.54 Å². The molecule has 0 saturated carbocycles. The van der Waals surface area contributed by atoms with E-state index in [9.17, 15) is 4.79 Å². The van der Waals surface area contributed by atoms with Crippen molar-refractivity contribution >= 4 is 46.3 Å². The van der Waals surface area contributed by atoms with Crippen molar-refractivity contribution in [2.75, 3.05) is 17.3 Å². The first-order chi connectivity index (χ1) is 16.5. The Morgan fingerprint density at radius 3 is 2.65 bits per heavy atom. The van der Waals surface area contributed by atoms with Crippen LogP contribution >= 0.6 is 23.2 Å².